The topological polar surface area (TPSA) is 195 Å². The summed E-state index contributed by atoms with van der Waals surface area (Å²) in [7, 11) is 0. The third-order valence-corrected chi connectivity index (χ3v) is 8.16. The Labute approximate surface area is 268 Å². The van der Waals surface area contributed by atoms with E-state index >= 15 is 0 Å². The zero-order valence-corrected chi connectivity index (χ0v) is 27.3. The molecule has 1 fully saturated rings. The SMILES string of the molecule is CC[C@@H](C)[C@@H]1NC(=O)[C@H](CS)NC(=O)[C@H](C(C)C)NC(=O)[C@H](CS)NC(=O)[C@H](C)NC(=O)[C@H](Cc2ccc(O)cc2)NC1=O. The largest absolute Gasteiger partial charge is 0.508 e. The van der Waals surface area contributed by atoms with Crippen LogP contribution in [0.3, 0.4) is 0 Å². The zero-order valence-electron chi connectivity index (χ0n) is 25.5. The molecular weight excluding hydrogens is 608 g/mol. The monoisotopic (exact) mass is 652 g/mol. The summed E-state index contributed by atoms with van der Waals surface area (Å²) in [5, 5.41) is 25.4. The average Bonchev–Trinajstić information content (AvgIpc) is 2.98. The van der Waals surface area contributed by atoms with Crippen LogP contribution < -0.4 is 31.9 Å². The summed E-state index contributed by atoms with van der Waals surface area (Å²) >= 11 is 8.40. The molecule has 1 aromatic carbocycles. The molecule has 7 atom stereocenters. The second kappa shape index (κ2) is 17.1. The number of phenols is 1. The molecule has 1 aliphatic rings. The molecule has 0 radical (unpaired) electrons. The molecule has 2 rings (SSSR count). The van der Waals surface area contributed by atoms with Gasteiger partial charge in [-0.05, 0) is 36.5 Å². The van der Waals surface area contributed by atoms with E-state index in [1.54, 1.807) is 32.9 Å². The van der Waals surface area contributed by atoms with Gasteiger partial charge in [-0.25, -0.2) is 0 Å². The van der Waals surface area contributed by atoms with E-state index in [2.05, 4.69) is 57.2 Å². The molecule has 15 heteroatoms. The Morgan fingerprint density at radius 2 is 1.11 bits per heavy atom. The Balaban J connectivity index is 2.53. The minimum Gasteiger partial charge on any atom is -0.508 e. The van der Waals surface area contributed by atoms with Crippen molar-refractivity contribution in [3.05, 3.63) is 29.8 Å². The highest BCUT2D eigenvalue weighted by Crippen LogP contribution is 2.14. The zero-order chi connectivity index (χ0) is 33.1. The number of hydrogen-bond donors (Lipinski definition) is 9. The van der Waals surface area contributed by atoms with Crippen LogP contribution in [0.5, 0.6) is 5.75 Å². The Kier molecular flexibility index (Phi) is 14.3. The highest BCUT2D eigenvalue weighted by Gasteiger charge is 2.35. The predicted octanol–water partition coefficient (Wildman–Crippen LogP) is -0.561. The van der Waals surface area contributed by atoms with E-state index in [1.807, 2.05) is 6.92 Å². The second-order valence-electron chi connectivity index (χ2n) is 11.3. The first kappa shape index (κ1) is 36.7. The van der Waals surface area contributed by atoms with Gasteiger partial charge >= 0.3 is 0 Å². The number of amides is 6. The fourth-order valence-corrected chi connectivity index (χ4v) is 4.92. The summed E-state index contributed by atoms with van der Waals surface area (Å²) in [6.45, 7) is 8.42. The lowest BCUT2D eigenvalue weighted by molar-refractivity contribution is -0.137. The molecule has 0 spiro atoms. The Morgan fingerprint density at radius 1 is 0.659 bits per heavy atom. The maximum absolute atomic E-state index is 13.6. The first-order valence-corrected chi connectivity index (χ1v) is 15.8. The number of hydrogen-bond acceptors (Lipinski definition) is 9. The van der Waals surface area contributed by atoms with E-state index in [0.717, 1.165) is 0 Å². The molecule has 1 aromatic rings. The van der Waals surface area contributed by atoms with E-state index in [-0.39, 0.29) is 29.6 Å². The first-order chi connectivity index (χ1) is 20.7. The number of phenolic OH excluding ortho intramolecular Hbond substituents is 1. The van der Waals surface area contributed by atoms with E-state index in [1.165, 1.54) is 19.1 Å². The number of carbonyl (C=O) groups is 6. The summed E-state index contributed by atoms with van der Waals surface area (Å²) in [6, 6.07) is -0.706. The fraction of sp³-hybridized carbons (Fsp3) is 0.586. The predicted molar refractivity (Wildman–Crippen MR) is 171 cm³/mol. The van der Waals surface area contributed by atoms with E-state index in [4.69, 9.17) is 0 Å². The van der Waals surface area contributed by atoms with Gasteiger partial charge in [0.05, 0.1) is 0 Å². The van der Waals surface area contributed by atoms with E-state index < -0.39 is 77.6 Å². The van der Waals surface area contributed by atoms with Crippen LogP contribution in [0.2, 0.25) is 0 Å². The van der Waals surface area contributed by atoms with Crippen molar-refractivity contribution in [3.8, 4) is 5.75 Å². The molecule has 1 heterocycles. The molecule has 7 N–H and O–H groups in total. The molecule has 44 heavy (non-hydrogen) atoms. The van der Waals surface area contributed by atoms with Crippen molar-refractivity contribution in [1.29, 1.82) is 0 Å². The molecule has 13 nitrogen and oxygen atoms in total. The van der Waals surface area contributed by atoms with Gasteiger partial charge < -0.3 is 37.0 Å². The second-order valence-corrected chi connectivity index (χ2v) is 12.0. The van der Waals surface area contributed by atoms with Gasteiger partial charge in [0.1, 0.15) is 42.0 Å². The average molecular weight is 653 g/mol. The quantitative estimate of drug-likeness (QED) is 0.176. The van der Waals surface area contributed by atoms with Gasteiger partial charge in [0.2, 0.25) is 35.4 Å². The summed E-state index contributed by atoms with van der Waals surface area (Å²) < 4.78 is 0. The summed E-state index contributed by atoms with van der Waals surface area (Å²) in [5.41, 5.74) is 0.607. The fourth-order valence-electron chi connectivity index (χ4n) is 4.41. The lowest BCUT2D eigenvalue weighted by Crippen LogP contribution is -2.63. The van der Waals surface area contributed by atoms with Crippen LogP contribution in [0.4, 0.5) is 0 Å². The van der Waals surface area contributed by atoms with Gasteiger partial charge in [0.15, 0.2) is 0 Å². The highest BCUT2D eigenvalue weighted by molar-refractivity contribution is 7.80. The normalized spacial score (nSPS) is 27.1. The molecule has 0 aliphatic carbocycles. The Hall–Kier alpha value is -3.46. The molecular formula is C29H44N6O7S2. The van der Waals surface area contributed by atoms with Crippen LogP contribution in [0.15, 0.2) is 24.3 Å². The maximum Gasteiger partial charge on any atom is 0.244 e. The van der Waals surface area contributed by atoms with Gasteiger partial charge in [0, 0.05) is 17.9 Å². The third-order valence-electron chi connectivity index (χ3n) is 7.43. The number of thiol groups is 2. The lowest BCUT2D eigenvalue weighted by Gasteiger charge is -2.30. The molecule has 1 aliphatic heterocycles. The van der Waals surface area contributed by atoms with Crippen LogP contribution >= 0.6 is 25.3 Å². The summed E-state index contributed by atoms with van der Waals surface area (Å²) in [5.74, 6) is -4.97. The summed E-state index contributed by atoms with van der Waals surface area (Å²) in [4.78, 5) is 79.8. The van der Waals surface area contributed by atoms with Gasteiger partial charge in [0.25, 0.3) is 0 Å². The van der Waals surface area contributed by atoms with Crippen molar-refractivity contribution in [2.45, 2.75) is 83.7 Å². The molecule has 244 valence electrons. The lowest BCUT2D eigenvalue weighted by atomic mass is 9.96. The van der Waals surface area contributed by atoms with Crippen molar-refractivity contribution in [1.82, 2.24) is 31.9 Å². The number of nitrogens with one attached hydrogen (secondary N) is 6. The van der Waals surface area contributed by atoms with Crippen LogP contribution in [0.25, 0.3) is 0 Å². The summed E-state index contributed by atoms with van der Waals surface area (Å²) in [6.07, 6.45) is 0.497. The molecule has 1 saturated heterocycles. The van der Waals surface area contributed by atoms with E-state index in [0.29, 0.717) is 12.0 Å². The van der Waals surface area contributed by atoms with Gasteiger partial charge in [-0.1, -0.05) is 46.2 Å². The molecule has 0 saturated carbocycles. The van der Waals surface area contributed by atoms with Gasteiger partial charge in [-0.3, -0.25) is 28.8 Å². The van der Waals surface area contributed by atoms with Gasteiger partial charge in [-0.15, -0.1) is 0 Å². The molecule has 6 amide bonds. The number of rotatable bonds is 7. The van der Waals surface area contributed by atoms with Crippen molar-refractivity contribution in [3.63, 3.8) is 0 Å². The minimum atomic E-state index is -1.18. The molecule has 0 aromatic heterocycles. The standard InChI is InChI=1S/C29H44N6O7S2/c1-6-15(4)23-29(42)31-19(11-17-7-9-18(36)10-8-17)25(38)30-16(5)24(37)32-20(12-43)26(39)34-22(14(2)3)28(41)33-21(13-44)27(40)35-23/h7-10,14-16,19-23,36,43-44H,6,11-13H2,1-5H3,(H,30,38)(H,31,42)(H,32,37)(H,33,41)(H,34,39)(H,35,40)/t15-,16+,19+,20+,21+,22+,23+/m1/s1. The van der Waals surface area contributed by atoms with Crippen LogP contribution in [-0.4, -0.2) is 88.3 Å². The number of benzene rings is 1. The van der Waals surface area contributed by atoms with Crippen LogP contribution in [0, 0.1) is 11.8 Å². The Bertz CT molecular complexity index is 1200. The van der Waals surface area contributed by atoms with E-state index in [9.17, 15) is 33.9 Å². The number of carbonyl (C=O) groups excluding carboxylic acids is 6. The minimum absolute atomic E-state index is 0.000941. The van der Waals surface area contributed by atoms with Crippen molar-refractivity contribution < 1.29 is 33.9 Å². The molecule has 0 unspecified atom stereocenters. The highest BCUT2D eigenvalue weighted by atomic mass is 32.1. The third kappa shape index (κ3) is 10.3. The van der Waals surface area contributed by atoms with Crippen LogP contribution in [0.1, 0.15) is 46.6 Å². The van der Waals surface area contributed by atoms with Crippen molar-refractivity contribution in [2.75, 3.05) is 11.5 Å². The van der Waals surface area contributed by atoms with Gasteiger partial charge in [-0.2, -0.15) is 25.3 Å². The van der Waals surface area contributed by atoms with Crippen molar-refractivity contribution >= 4 is 60.7 Å². The first-order valence-electron chi connectivity index (χ1n) is 14.5. The smallest absolute Gasteiger partial charge is 0.244 e. The van der Waals surface area contributed by atoms with Crippen molar-refractivity contribution in [2.24, 2.45) is 11.8 Å². The Morgan fingerprint density at radius 3 is 1.61 bits per heavy atom. The number of aromatic hydroxyl groups is 1. The van der Waals surface area contributed by atoms with Crippen LogP contribution in [-0.2, 0) is 35.2 Å². The molecule has 0 bridgehead atoms. The maximum atomic E-state index is 13.6.